The van der Waals surface area contributed by atoms with Crippen LogP contribution in [0, 0.1) is 18.6 Å². The van der Waals surface area contributed by atoms with Crippen LogP contribution in [0.2, 0.25) is 0 Å². The first-order valence-corrected chi connectivity index (χ1v) is 12.6. The topological polar surface area (TPSA) is 114 Å². The number of aromatic nitrogens is 2. The number of amides is 3. The highest BCUT2D eigenvalue weighted by Gasteiger charge is 2.34. The van der Waals surface area contributed by atoms with Gasteiger partial charge in [0.2, 0.25) is 0 Å². The number of ether oxygens (including phenoxy) is 2. The van der Waals surface area contributed by atoms with E-state index in [4.69, 9.17) is 9.47 Å². The molecule has 12 heteroatoms. The summed E-state index contributed by atoms with van der Waals surface area (Å²) in [7, 11) is 1.48. The van der Waals surface area contributed by atoms with Crippen LogP contribution in [0.15, 0.2) is 48.5 Å². The molecule has 210 valence electrons. The Labute approximate surface area is 229 Å². The van der Waals surface area contributed by atoms with Crippen molar-refractivity contribution in [1.29, 1.82) is 0 Å². The van der Waals surface area contributed by atoms with Gasteiger partial charge in [0.1, 0.15) is 29.5 Å². The van der Waals surface area contributed by atoms with Crippen LogP contribution >= 0.6 is 0 Å². The van der Waals surface area contributed by atoms with E-state index < -0.39 is 35.6 Å². The van der Waals surface area contributed by atoms with E-state index in [9.17, 15) is 23.2 Å². The number of methoxy groups -OCH3 is 1. The summed E-state index contributed by atoms with van der Waals surface area (Å²) in [4.78, 5) is 51.5. The van der Waals surface area contributed by atoms with Gasteiger partial charge in [0.15, 0.2) is 5.82 Å². The minimum Gasteiger partial charge on any atom is -0.460 e. The number of piperazine rings is 1. The first-order chi connectivity index (χ1) is 19.2. The number of benzene rings is 2. The van der Waals surface area contributed by atoms with E-state index >= 15 is 0 Å². The van der Waals surface area contributed by atoms with Gasteiger partial charge >= 0.3 is 12.0 Å². The molecule has 1 unspecified atom stereocenters. The number of rotatable bonds is 7. The van der Waals surface area contributed by atoms with Crippen molar-refractivity contribution in [2.75, 3.05) is 45.3 Å². The third-order valence-electron chi connectivity index (χ3n) is 6.40. The van der Waals surface area contributed by atoms with Crippen LogP contribution in [-0.2, 0) is 9.47 Å². The Hall–Kier alpha value is -4.45. The van der Waals surface area contributed by atoms with Crippen LogP contribution in [0.25, 0.3) is 11.4 Å². The smallest absolute Gasteiger partial charge is 0.342 e. The van der Waals surface area contributed by atoms with Crippen LogP contribution in [0.4, 0.5) is 19.3 Å². The number of hydrogen-bond donors (Lipinski definition) is 1. The molecule has 4 rings (SSSR count). The van der Waals surface area contributed by atoms with Gasteiger partial charge in [-0.05, 0) is 26.0 Å². The van der Waals surface area contributed by atoms with Crippen molar-refractivity contribution in [3.8, 4) is 11.4 Å². The maximum atomic E-state index is 14.0. The zero-order chi connectivity index (χ0) is 28.8. The Morgan fingerprint density at radius 3 is 2.48 bits per heavy atom. The molecule has 0 radical (unpaired) electrons. The molecule has 0 saturated carbocycles. The highest BCUT2D eigenvalue weighted by Crippen LogP contribution is 2.23. The zero-order valence-electron chi connectivity index (χ0n) is 22.3. The van der Waals surface area contributed by atoms with Crippen LogP contribution in [0.5, 0.6) is 0 Å². The van der Waals surface area contributed by atoms with E-state index in [-0.39, 0.29) is 61.3 Å². The second-order valence-corrected chi connectivity index (χ2v) is 9.20. The molecule has 3 amide bonds. The summed E-state index contributed by atoms with van der Waals surface area (Å²) in [5.74, 6) is -2.63. The summed E-state index contributed by atoms with van der Waals surface area (Å²) in [6.07, 6.45) is 0. The average Bonchev–Trinajstić information content (AvgIpc) is 2.94. The molecule has 10 nitrogen and oxygen atoms in total. The maximum absolute atomic E-state index is 14.0. The number of esters is 1. The number of nitrogens with one attached hydrogen (secondary N) is 1. The fourth-order valence-corrected chi connectivity index (χ4v) is 4.35. The van der Waals surface area contributed by atoms with Crippen molar-refractivity contribution < 1.29 is 32.6 Å². The lowest BCUT2D eigenvalue weighted by atomic mass is 10.1. The number of carbonyl (C=O) groups excluding carboxylic acids is 3. The molecule has 0 aliphatic carbocycles. The molecule has 1 aromatic heterocycles. The molecule has 1 fully saturated rings. The fraction of sp³-hybridized carbons (Fsp3) is 0.321. The average molecular weight is 554 g/mol. The Morgan fingerprint density at radius 1 is 1.05 bits per heavy atom. The van der Waals surface area contributed by atoms with Crippen molar-refractivity contribution in [1.82, 2.24) is 19.8 Å². The first kappa shape index (κ1) is 28.6. The highest BCUT2D eigenvalue weighted by atomic mass is 19.1. The SMILES string of the molecule is COCCOC(=O)c1c(C)nc(-c2ccccc2)nc1C(=O)N1CCN(C(=O)Nc2ccc(F)cc2F)C(C)C1. The molecular weight excluding hydrogens is 524 g/mol. The van der Waals surface area contributed by atoms with E-state index in [1.807, 2.05) is 18.2 Å². The Morgan fingerprint density at radius 2 is 1.80 bits per heavy atom. The lowest BCUT2D eigenvalue weighted by Gasteiger charge is -2.39. The summed E-state index contributed by atoms with van der Waals surface area (Å²) in [5, 5.41) is 2.44. The fourth-order valence-electron chi connectivity index (χ4n) is 4.35. The molecule has 0 bridgehead atoms. The largest absolute Gasteiger partial charge is 0.460 e. The van der Waals surface area contributed by atoms with Gasteiger partial charge < -0.3 is 24.6 Å². The van der Waals surface area contributed by atoms with Gasteiger partial charge in [0.25, 0.3) is 5.91 Å². The molecule has 1 saturated heterocycles. The minimum atomic E-state index is -0.895. The van der Waals surface area contributed by atoms with Crippen LogP contribution in [0.1, 0.15) is 33.5 Å². The van der Waals surface area contributed by atoms with Gasteiger partial charge in [-0.2, -0.15) is 0 Å². The molecule has 1 atom stereocenters. The summed E-state index contributed by atoms with van der Waals surface area (Å²) >= 11 is 0. The summed E-state index contributed by atoms with van der Waals surface area (Å²) in [5.41, 5.74) is 0.653. The third-order valence-corrected chi connectivity index (χ3v) is 6.40. The molecule has 2 heterocycles. The van der Waals surface area contributed by atoms with Gasteiger partial charge in [-0.25, -0.2) is 28.3 Å². The van der Waals surface area contributed by atoms with Gasteiger partial charge in [0.05, 0.1) is 18.0 Å². The van der Waals surface area contributed by atoms with Crippen LogP contribution in [0.3, 0.4) is 0 Å². The Balaban J connectivity index is 1.56. The second kappa shape index (κ2) is 12.6. The summed E-state index contributed by atoms with van der Waals surface area (Å²) < 4.78 is 37.5. The monoisotopic (exact) mass is 553 g/mol. The highest BCUT2D eigenvalue weighted by molar-refractivity contribution is 6.05. The standard InChI is InChI=1S/C28H29F2N5O5/c1-17-16-34(11-12-35(17)28(38)32-22-10-9-20(29)15-21(22)30)26(36)24-23(27(37)40-14-13-39-3)18(2)31-25(33-24)19-7-5-4-6-8-19/h4-10,15,17H,11-14,16H2,1-3H3,(H,32,38). The first-order valence-electron chi connectivity index (χ1n) is 12.6. The van der Waals surface area contributed by atoms with E-state index in [0.717, 1.165) is 12.1 Å². The van der Waals surface area contributed by atoms with Crippen molar-refractivity contribution >= 4 is 23.6 Å². The van der Waals surface area contributed by atoms with E-state index in [1.54, 1.807) is 26.0 Å². The molecule has 1 N–H and O–H groups in total. The number of hydrogen-bond acceptors (Lipinski definition) is 7. The lowest BCUT2D eigenvalue weighted by molar-refractivity contribution is 0.0378. The predicted octanol–water partition coefficient (Wildman–Crippen LogP) is 3.91. The number of anilines is 1. The van der Waals surface area contributed by atoms with Gasteiger partial charge in [0, 0.05) is 44.4 Å². The number of halogens is 2. The van der Waals surface area contributed by atoms with Crippen LogP contribution in [-0.4, -0.2) is 83.7 Å². The van der Waals surface area contributed by atoms with E-state index in [0.29, 0.717) is 11.6 Å². The molecule has 1 aliphatic rings. The lowest BCUT2D eigenvalue weighted by Crippen LogP contribution is -2.56. The number of carbonyl (C=O) groups is 3. The Kier molecular flexibility index (Phi) is 9.00. The van der Waals surface area contributed by atoms with Crippen molar-refractivity contribution in [3.05, 3.63) is 77.1 Å². The van der Waals surface area contributed by atoms with E-state index in [1.165, 1.54) is 16.9 Å². The maximum Gasteiger partial charge on any atom is 0.342 e. The Bertz CT molecular complexity index is 1410. The minimum absolute atomic E-state index is 0.0116. The second-order valence-electron chi connectivity index (χ2n) is 9.20. The van der Waals surface area contributed by atoms with Gasteiger partial charge in [-0.15, -0.1) is 0 Å². The molecule has 3 aromatic rings. The zero-order valence-corrected chi connectivity index (χ0v) is 22.3. The van der Waals surface area contributed by atoms with Crippen LogP contribution < -0.4 is 5.32 Å². The molecule has 2 aromatic carbocycles. The molecule has 40 heavy (non-hydrogen) atoms. The quantitative estimate of drug-likeness (QED) is 0.349. The summed E-state index contributed by atoms with van der Waals surface area (Å²) in [6, 6.07) is 10.9. The molecule has 1 aliphatic heterocycles. The van der Waals surface area contributed by atoms with Gasteiger partial charge in [-0.3, -0.25) is 4.79 Å². The van der Waals surface area contributed by atoms with Crippen molar-refractivity contribution in [3.63, 3.8) is 0 Å². The van der Waals surface area contributed by atoms with Gasteiger partial charge in [-0.1, -0.05) is 30.3 Å². The third kappa shape index (κ3) is 6.40. The number of nitrogens with zero attached hydrogens (tertiary/aromatic N) is 4. The molecule has 0 spiro atoms. The number of aryl methyl sites for hydroxylation is 1. The van der Waals surface area contributed by atoms with E-state index in [2.05, 4.69) is 15.3 Å². The van der Waals surface area contributed by atoms with Crippen molar-refractivity contribution in [2.24, 2.45) is 0 Å². The molecular formula is C28H29F2N5O5. The van der Waals surface area contributed by atoms with Crippen molar-refractivity contribution in [2.45, 2.75) is 19.9 Å². The predicted molar refractivity (Wildman–Crippen MR) is 142 cm³/mol. The number of urea groups is 1. The normalized spacial score (nSPS) is 15.1. The summed E-state index contributed by atoms with van der Waals surface area (Å²) in [6.45, 7) is 3.90.